The van der Waals surface area contributed by atoms with Crippen LogP contribution in [0.15, 0.2) is 30.3 Å². The molecule has 1 nitrogen and oxygen atoms in total. The van der Waals surface area contributed by atoms with Gasteiger partial charge in [0, 0.05) is 16.3 Å². The van der Waals surface area contributed by atoms with Crippen LogP contribution < -0.4 is 5.32 Å². The van der Waals surface area contributed by atoms with Crippen molar-refractivity contribution in [2.24, 2.45) is 0 Å². The summed E-state index contributed by atoms with van der Waals surface area (Å²) in [6.07, 6.45) is 0.941. The lowest BCUT2D eigenvalue weighted by Crippen LogP contribution is -2.16. The molecule has 0 aliphatic heterocycles. The Morgan fingerprint density at radius 1 is 1.17 bits per heavy atom. The molecule has 0 saturated carbocycles. The maximum atomic E-state index is 12.9. The fraction of sp³-hybridized carbons (Fsp3) is 0.333. The van der Waals surface area contributed by atoms with Crippen molar-refractivity contribution in [2.45, 2.75) is 26.8 Å². The summed E-state index contributed by atoms with van der Waals surface area (Å²) in [6.45, 7) is 5.92. The summed E-state index contributed by atoms with van der Waals surface area (Å²) in [5.41, 5.74) is 2.25. The second-order valence-corrected chi connectivity index (χ2v) is 5.88. The van der Waals surface area contributed by atoms with Crippen molar-refractivity contribution in [1.82, 2.24) is 5.32 Å². The lowest BCUT2D eigenvalue weighted by Gasteiger charge is -2.06. The van der Waals surface area contributed by atoms with E-state index in [-0.39, 0.29) is 5.82 Å². The third kappa shape index (κ3) is 3.65. The highest BCUT2D eigenvalue weighted by molar-refractivity contribution is 7.11. The van der Waals surface area contributed by atoms with Crippen LogP contribution in [0.3, 0.4) is 0 Å². The van der Waals surface area contributed by atoms with E-state index in [9.17, 15) is 4.39 Å². The van der Waals surface area contributed by atoms with Crippen LogP contribution in [-0.2, 0) is 13.0 Å². The molecule has 0 aliphatic carbocycles. The second-order valence-electron chi connectivity index (χ2n) is 4.51. The van der Waals surface area contributed by atoms with Crippen molar-refractivity contribution in [3.8, 4) is 0 Å². The van der Waals surface area contributed by atoms with Crippen LogP contribution >= 0.6 is 11.3 Å². The van der Waals surface area contributed by atoms with Crippen LogP contribution in [0.25, 0.3) is 0 Å². The van der Waals surface area contributed by atoms with E-state index in [1.54, 1.807) is 6.07 Å². The first-order valence-corrected chi connectivity index (χ1v) is 6.98. The van der Waals surface area contributed by atoms with E-state index in [1.165, 1.54) is 21.4 Å². The molecule has 0 spiro atoms. The van der Waals surface area contributed by atoms with Crippen molar-refractivity contribution in [2.75, 3.05) is 6.54 Å². The van der Waals surface area contributed by atoms with Crippen LogP contribution in [0, 0.1) is 19.7 Å². The summed E-state index contributed by atoms with van der Waals surface area (Å²) in [7, 11) is 0. The molecule has 96 valence electrons. The molecule has 3 heteroatoms. The maximum Gasteiger partial charge on any atom is 0.123 e. The standard InChI is InChI=1S/C15H18FNS/c1-11-9-14(16)5-4-13(11)7-8-17-10-15-6-3-12(2)18-15/h3-6,9,17H,7-8,10H2,1-2H3. The Balaban J connectivity index is 1.78. The first kappa shape index (κ1) is 13.2. The summed E-state index contributed by atoms with van der Waals surface area (Å²) in [5, 5.41) is 3.42. The van der Waals surface area contributed by atoms with Crippen molar-refractivity contribution in [3.05, 3.63) is 57.0 Å². The van der Waals surface area contributed by atoms with Crippen LogP contribution in [0.5, 0.6) is 0 Å². The molecule has 1 aromatic heterocycles. The zero-order valence-electron chi connectivity index (χ0n) is 10.8. The topological polar surface area (TPSA) is 12.0 Å². The van der Waals surface area contributed by atoms with Crippen molar-refractivity contribution in [1.29, 1.82) is 0 Å². The number of thiophene rings is 1. The Morgan fingerprint density at radius 2 is 2.00 bits per heavy atom. The van der Waals surface area contributed by atoms with E-state index in [0.29, 0.717) is 0 Å². The molecular formula is C15H18FNS. The lowest BCUT2D eigenvalue weighted by atomic mass is 10.1. The first-order valence-electron chi connectivity index (χ1n) is 6.16. The zero-order valence-corrected chi connectivity index (χ0v) is 11.6. The Bertz CT molecular complexity index is 519. The van der Waals surface area contributed by atoms with Gasteiger partial charge in [0.1, 0.15) is 5.82 Å². The molecule has 0 radical (unpaired) electrons. The molecule has 0 aliphatic rings. The van der Waals surface area contributed by atoms with Gasteiger partial charge in [0.2, 0.25) is 0 Å². The average molecular weight is 263 g/mol. The lowest BCUT2D eigenvalue weighted by molar-refractivity contribution is 0.624. The molecule has 1 N–H and O–H groups in total. The van der Waals surface area contributed by atoms with Gasteiger partial charge in [-0.05, 0) is 62.2 Å². The highest BCUT2D eigenvalue weighted by Gasteiger charge is 2.00. The van der Waals surface area contributed by atoms with Gasteiger partial charge >= 0.3 is 0 Å². The second kappa shape index (κ2) is 6.12. The number of hydrogen-bond acceptors (Lipinski definition) is 2. The van der Waals surface area contributed by atoms with Gasteiger partial charge in [-0.3, -0.25) is 0 Å². The molecule has 1 heterocycles. The van der Waals surface area contributed by atoms with Crippen molar-refractivity contribution >= 4 is 11.3 Å². The molecule has 2 aromatic rings. The number of benzene rings is 1. The first-order chi connectivity index (χ1) is 8.65. The predicted molar refractivity (Wildman–Crippen MR) is 75.6 cm³/mol. The SMILES string of the molecule is Cc1ccc(CNCCc2ccc(F)cc2C)s1. The summed E-state index contributed by atoms with van der Waals surface area (Å²) < 4.78 is 12.9. The van der Waals surface area contributed by atoms with E-state index in [4.69, 9.17) is 0 Å². The number of aryl methyl sites for hydroxylation is 2. The minimum Gasteiger partial charge on any atom is -0.312 e. The molecule has 2 rings (SSSR count). The van der Waals surface area contributed by atoms with Crippen LogP contribution in [0.1, 0.15) is 20.9 Å². The van der Waals surface area contributed by atoms with Gasteiger partial charge < -0.3 is 5.32 Å². The highest BCUT2D eigenvalue weighted by Crippen LogP contribution is 2.14. The Labute approximate surface area is 112 Å². The molecule has 0 bridgehead atoms. The quantitative estimate of drug-likeness (QED) is 0.808. The van der Waals surface area contributed by atoms with Crippen LogP contribution in [0.4, 0.5) is 4.39 Å². The predicted octanol–water partition coefficient (Wildman–Crippen LogP) is 3.84. The molecule has 0 atom stereocenters. The smallest absolute Gasteiger partial charge is 0.123 e. The third-order valence-corrected chi connectivity index (χ3v) is 3.97. The monoisotopic (exact) mass is 263 g/mol. The van der Waals surface area contributed by atoms with E-state index in [1.807, 2.05) is 24.3 Å². The summed E-state index contributed by atoms with van der Waals surface area (Å²) >= 11 is 1.83. The van der Waals surface area contributed by atoms with Gasteiger partial charge in [-0.25, -0.2) is 4.39 Å². The number of rotatable bonds is 5. The van der Waals surface area contributed by atoms with E-state index in [0.717, 1.165) is 25.1 Å². The van der Waals surface area contributed by atoms with Gasteiger partial charge in [-0.15, -0.1) is 11.3 Å². The Kier molecular flexibility index (Phi) is 4.50. The van der Waals surface area contributed by atoms with Crippen LogP contribution in [-0.4, -0.2) is 6.54 Å². The molecule has 0 amide bonds. The third-order valence-electron chi connectivity index (χ3n) is 2.97. The molecule has 0 saturated heterocycles. The minimum absolute atomic E-state index is 0.154. The number of halogens is 1. The van der Waals surface area contributed by atoms with Crippen molar-refractivity contribution < 1.29 is 4.39 Å². The fourth-order valence-corrected chi connectivity index (χ4v) is 2.81. The molecule has 0 unspecified atom stereocenters. The summed E-state index contributed by atoms with van der Waals surface area (Å²) in [6, 6.07) is 9.31. The number of nitrogens with one attached hydrogen (secondary N) is 1. The highest BCUT2D eigenvalue weighted by atomic mass is 32.1. The Morgan fingerprint density at radius 3 is 2.67 bits per heavy atom. The fourth-order valence-electron chi connectivity index (χ4n) is 1.95. The molecule has 1 aromatic carbocycles. The summed E-state index contributed by atoms with van der Waals surface area (Å²) in [5.74, 6) is -0.154. The van der Waals surface area contributed by atoms with E-state index in [2.05, 4.69) is 24.4 Å². The molecular weight excluding hydrogens is 245 g/mol. The van der Waals surface area contributed by atoms with Gasteiger partial charge in [-0.1, -0.05) is 6.07 Å². The zero-order chi connectivity index (χ0) is 13.0. The molecule has 18 heavy (non-hydrogen) atoms. The Hall–Kier alpha value is -1.19. The van der Waals surface area contributed by atoms with E-state index < -0.39 is 0 Å². The maximum absolute atomic E-state index is 12.9. The van der Waals surface area contributed by atoms with Gasteiger partial charge in [-0.2, -0.15) is 0 Å². The average Bonchev–Trinajstić information content (AvgIpc) is 2.73. The van der Waals surface area contributed by atoms with Gasteiger partial charge in [0.15, 0.2) is 0 Å². The van der Waals surface area contributed by atoms with Gasteiger partial charge in [0.05, 0.1) is 0 Å². The van der Waals surface area contributed by atoms with Crippen LogP contribution in [0.2, 0.25) is 0 Å². The number of hydrogen-bond donors (Lipinski definition) is 1. The molecule has 0 fully saturated rings. The van der Waals surface area contributed by atoms with Crippen molar-refractivity contribution in [3.63, 3.8) is 0 Å². The minimum atomic E-state index is -0.154. The van der Waals surface area contributed by atoms with E-state index >= 15 is 0 Å². The van der Waals surface area contributed by atoms with Gasteiger partial charge in [0.25, 0.3) is 0 Å². The largest absolute Gasteiger partial charge is 0.312 e. The normalized spacial score (nSPS) is 10.8. The summed E-state index contributed by atoms with van der Waals surface area (Å²) in [4.78, 5) is 2.71.